The number of thiophene rings is 4. The lowest BCUT2D eigenvalue weighted by Gasteiger charge is -2.28. The minimum Gasteiger partial charge on any atom is -0.140 e. The molecule has 0 aliphatic heterocycles. The van der Waals surface area contributed by atoms with Crippen LogP contribution in [0.5, 0.6) is 0 Å². The third-order valence-corrected chi connectivity index (χ3v) is 10.7. The lowest BCUT2D eigenvalue weighted by Crippen LogP contribution is -2.22. The molecule has 4 aromatic heterocycles. The SMILES string of the molecule is CCC1(CC)c2cc(-c3ccc(C)s3)sc2-c2sc(-c3ccc(C)s3)cc21. The van der Waals surface area contributed by atoms with E-state index in [-0.39, 0.29) is 5.41 Å². The van der Waals surface area contributed by atoms with E-state index in [9.17, 15) is 0 Å². The lowest BCUT2D eigenvalue weighted by atomic mass is 9.75. The number of hydrogen-bond donors (Lipinski definition) is 0. The fraction of sp³-hybridized carbons (Fsp3) is 0.304. The van der Waals surface area contributed by atoms with Gasteiger partial charge in [-0.25, -0.2) is 0 Å². The first-order valence-electron chi connectivity index (χ1n) is 9.48. The summed E-state index contributed by atoms with van der Waals surface area (Å²) < 4.78 is 0. The Bertz CT molecular complexity index is 1040. The van der Waals surface area contributed by atoms with Gasteiger partial charge in [-0.1, -0.05) is 13.8 Å². The van der Waals surface area contributed by atoms with Gasteiger partial charge in [-0.05, 0) is 74.2 Å². The Morgan fingerprint density at radius 1 is 0.630 bits per heavy atom. The van der Waals surface area contributed by atoms with Crippen LogP contribution in [0.25, 0.3) is 29.3 Å². The normalized spacial score (nSPS) is 14.5. The summed E-state index contributed by atoms with van der Waals surface area (Å²) in [5.41, 5.74) is 3.34. The summed E-state index contributed by atoms with van der Waals surface area (Å²) >= 11 is 7.83. The molecule has 0 saturated carbocycles. The van der Waals surface area contributed by atoms with E-state index < -0.39 is 0 Å². The summed E-state index contributed by atoms with van der Waals surface area (Å²) in [7, 11) is 0. The molecule has 0 fully saturated rings. The fourth-order valence-electron chi connectivity index (χ4n) is 4.36. The summed E-state index contributed by atoms with van der Waals surface area (Å²) in [6.45, 7) is 9.12. The number of hydrogen-bond acceptors (Lipinski definition) is 4. The van der Waals surface area contributed by atoms with Crippen molar-refractivity contribution in [3.8, 4) is 29.3 Å². The predicted molar refractivity (Wildman–Crippen MR) is 125 cm³/mol. The van der Waals surface area contributed by atoms with Crippen molar-refractivity contribution in [2.24, 2.45) is 0 Å². The van der Waals surface area contributed by atoms with Crippen molar-refractivity contribution >= 4 is 45.3 Å². The summed E-state index contributed by atoms with van der Waals surface area (Å²) in [6.07, 6.45) is 2.34. The van der Waals surface area contributed by atoms with Gasteiger partial charge in [-0.3, -0.25) is 0 Å². The van der Waals surface area contributed by atoms with Crippen LogP contribution in [0.4, 0.5) is 0 Å². The van der Waals surface area contributed by atoms with Crippen molar-refractivity contribution in [3.63, 3.8) is 0 Å². The molecule has 1 aliphatic rings. The van der Waals surface area contributed by atoms with Crippen LogP contribution >= 0.6 is 45.3 Å². The van der Waals surface area contributed by atoms with Crippen LogP contribution in [0.3, 0.4) is 0 Å². The Kier molecular flexibility index (Phi) is 4.24. The maximum absolute atomic E-state index is 2.50. The Labute approximate surface area is 177 Å². The highest BCUT2D eigenvalue weighted by atomic mass is 32.1. The molecule has 1 aliphatic carbocycles. The average molecular weight is 427 g/mol. The molecule has 0 atom stereocenters. The van der Waals surface area contributed by atoms with Gasteiger partial charge in [0.15, 0.2) is 0 Å². The molecule has 0 unspecified atom stereocenters. The molecule has 0 saturated heterocycles. The van der Waals surface area contributed by atoms with Gasteiger partial charge in [0.05, 0.1) is 0 Å². The summed E-state index contributed by atoms with van der Waals surface area (Å²) in [4.78, 5) is 11.6. The van der Waals surface area contributed by atoms with Gasteiger partial charge in [0.1, 0.15) is 0 Å². The van der Waals surface area contributed by atoms with Crippen molar-refractivity contribution in [3.05, 3.63) is 57.3 Å². The smallest absolute Gasteiger partial charge is 0.0493 e. The molecular weight excluding hydrogens is 405 g/mol. The van der Waals surface area contributed by atoms with E-state index in [0.29, 0.717) is 0 Å². The Morgan fingerprint density at radius 3 is 1.41 bits per heavy atom. The van der Waals surface area contributed by atoms with Gasteiger partial charge in [0.25, 0.3) is 0 Å². The Hall–Kier alpha value is -1.20. The summed E-state index contributed by atoms with van der Waals surface area (Å²) in [6, 6.07) is 14.1. The van der Waals surface area contributed by atoms with Gasteiger partial charge in [-0.15, -0.1) is 45.3 Å². The molecule has 0 N–H and O–H groups in total. The van der Waals surface area contributed by atoms with E-state index in [1.807, 2.05) is 45.3 Å². The maximum Gasteiger partial charge on any atom is 0.0493 e. The van der Waals surface area contributed by atoms with Crippen molar-refractivity contribution in [1.29, 1.82) is 0 Å². The molecule has 4 aromatic rings. The van der Waals surface area contributed by atoms with Gasteiger partial charge in [-0.2, -0.15) is 0 Å². The molecule has 5 rings (SSSR count). The van der Waals surface area contributed by atoms with E-state index >= 15 is 0 Å². The van der Waals surface area contributed by atoms with Crippen molar-refractivity contribution in [2.75, 3.05) is 0 Å². The monoisotopic (exact) mass is 426 g/mol. The second kappa shape index (κ2) is 6.41. The molecule has 0 amide bonds. The van der Waals surface area contributed by atoms with E-state index in [0.717, 1.165) is 0 Å². The van der Waals surface area contributed by atoms with E-state index in [4.69, 9.17) is 0 Å². The highest BCUT2D eigenvalue weighted by molar-refractivity contribution is 7.29. The van der Waals surface area contributed by atoms with Gasteiger partial charge in [0.2, 0.25) is 0 Å². The van der Waals surface area contributed by atoms with Crippen LogP contribution in [0.1, 0.15) is 47.6 Å². The third-order valence-electron chi connectivity index (χ3n) is 5.88. The molecule has 0 bridgehead atoms. The third kappa shape index (κ3) is 2.57. The minimum atomic E-state index is 0.187. The fourth-order valence-corrected chi connectivity index (χ4v) is 8.94. The second-order valence-corrected chi connectivity index (χ2v) is 12.0. The average Bonchev–Trinajstić information content (AvgIpc) is 3.41. The minimum absolute atomic E-state index is 0.187. The van der Waals surface area contributed by atoms with Gasteiger partial charge >= 0.3 is 0 Å². The molecule has 0 spiro atoms. The molecular formula is C23H22S4. The molecule has 4 heterocycles. The van der Waals surface area contributed by atoms with E-state index in [1.165, 1.54) is 51.9 Å². The first-order chi connectivity index (χ1) is 13.1. The van der Waals surface area contributed by atoms with Crippen LogP contribution in [0.2, 0.25) is 0 Å². The zero-order chi connectivity index (χ0) is 18.8. The van der Waals surface area contributed by atoms with Gasteiger partial charge in [0, 0.05) is 44.4 Å². The van der Waals surface area contributed by atoms with E-state index in [2.05, 4.69) is 64.1 Å². The highest BCUT2D eigenvalue weighted by Gasteiger charge is 2.44. The molecule has 27 heavy (non-hydrogen) atoms. The number of aryl methyl sites for hydroxylation is 2. The first kappa shape index (κ1) is 17.9. The number of fused-ring (bicyclic) bond motifs is 3. The molecule has 0 aromatic carbocycles. The van der Waals surface area contributed by atoms with Crippen LogP contribution in [-0.2, 0) is 5.41 Å². The molecule has 138 valence electrons. The molecule has 0 radical (unpaired) electrons. The van der Waals surface area contributed by atoms with Crippen LogP contribution in [0, 0.1) is 13.8 Å². The van der Waals surface area contributed by atoms with Crippen molar-refractivity contribution < 1.29 is 0 Å². The quantitative estimate of drug-likeness (QED) is 0.305. The van der Waals surface area contributed by atoms with Crippen molar-refractivity contribution in [1.82, 2.24) is 0 Å². The van der Waals surface area contributed by atoms with Crippen LogP contribution in [-0.4, -0.2) is 0 Å². The van der Waals surface area contributed by atoms with E-state index in [1.54, 1.807) is 11.1 Å². The highest BCUT2D eigenvalue weighted by Crippen LogP contribution is 2.61. The topological polar surface area (TPSA) is 0 Å². The van der Waals surface area contributed by atoms with Crippen LogP contribution in [0.15, 0.2) is 36.4 Å². The zero-order valence-corrected chi connectivity index (χ0v) is 19.3. The molecule has 0 nitrogen and oxygen atoms in total. The first-order valence-corrected chi connectivity index (χ1v) is 12.7. The maximum atomic E-state index is 2.50. The second-order valence-electron chi connectivity index (χ2n) is 7.32. The lowest BCUT2D eigenvalue weighted by molar-refractivity contribution is 0.492. The Morgan fingerprint density at radius 2 is 1.07 bits per heavy atom. The Balaban J connectivity index is 1.70. The van der Waals surface area contributed by atoms with Gasteiger partial charge < -0.3 is 0 Å². The molecule has 4 heteroatoms. The predicted octanol–water partition coefficient (Wildman–Crippen LogP) is 8.97. The standard InChI is InChI=1S/C23H22S4/c1-5-23(6-2)15-11-19(17-9-7-13(3)24-17)26-21(15)22-16(23)12-20(27-22)18-10-8-14(4)25-18/h7-12H,5-6H2,1-4H3. The van der Waals surface area contributed by atoms with Crippen LogP contribution < -0.4 is 0 Å². The zero-order valence-electron chi connectivity index (χ0n) is 16.0. The van der Waals surface area contributed by atoms with Crippen molar-refractivity contribution in [2.45, 2.75) is 46.0 Å². The largest absolute Gasteiger partial charge is 0.140 e. The number of rotatable bonds is 4. The summed E-state index contributed by atoms with van der Waals surface area (Å²) in [5.74, 6) is 0. The summed E-state index contributed by atoms with van der Waals surface area (Å²) in [5, 5.41) is 0.